The molecule has 0 radical (unpaired) electrons. The van der Waals surface area contributed by atoms with Gasteiger partial charge in [-0.15, -0.1) is 0 Å². The Balaban J connectivity index is 2.50. The van der Waals surface area contributed by atoms with Crippen molar-refractivity contribution in [2.75, 3.05) is 13.1 Å². The smallest absolute Gasteiger partial charge is 0.410 e. The normalized spacial score (nSPS) is 22.4. The topological polar surface area (TPSA) is 29.5 Å². The molecule has 15 heavy (non-hydrogen) atoms. The van der Waals surface area contributed by atoms with Gasteiger partial charge in [-0.1, -0.05) is 19.1 Å². The van der Waals surface area contributed by atoms with E-state index in [1.165, 1.54) is 0 Å². The predicted molar refractivity (Wildman–Crippen MR) is 60.7 cm³/mol. The highest BCUT2D eigenvalue weighted by Gasteiger charge is 2.22. The monoisotopic (exact) mass is 211 g/mol. The van der Waals surface area contributed by atoms with E-state index in [9.17, 15) is 4.79 Å². The van der Waals surface area contributed by atoms with Crippen molar-refractivity contribution in [2.24, 2.45) is 5.92 Å². The number of hydrogen-bond acceptors (Lipinski definition) is 2. The van der Waals surface area contributed by atoms with Gasteiger partial charge in [0, 0.05) is 13.1 Å². The van der Waals surface area contributed by atoms with E-state index >= 15 is 0 Å². The van der Waals surface area contributed by atoms with Gasteiger partial charge in [0.1, 0.15) is 5.60 Å². The third kappa shape index (κ3) is 4.36. The second-order valence-corrected chi connectivity index (χ2v) is 5.12. The van der Waals surface area contributed by atoms with Crippen LogP contribution in [0.1, 0.15) is 34.1 Å². The molecular formula is C12H21NO2. The summed E-state index contributed by atoms with van der Waals surface area (Å²) in [5, 5.41) is 0. The van der Waals surface area contributed by atoms with Gasteiger partial charge in [-0.25, -0.2) is 4.79 Å². The number of carbonyl (C=O) groups excluding carboxylic acids is 1. The average Bonchev–Trinajstić information content (AvgIpc) is 2.26. The van der Waals surface area contributed by atoms with Crippen molar-refractivity contribution in [2.45, 2.75) is 39.7 Å². The number of carbonyl (C=O) groups is 1. The molecule has 3 nitrogen and oxygen atoms in total. The summed E-state index contributed by atoms with van der Waals surface area (Å²) in [6.45, 7) is 9.28. The molecule has 1 heterocycles. The van der Waals surface area contributed by atoms with E-state index in [4.69, 9.17) is 4.74 Å². The number of ether oxygens (including phenoxy) is 1. The van der Waals surface area contributed by atoms with Gasteiger partial charge in [-0.3, -0.25) is 0 Å². The first-order valence-electron chi connectivity index (χ1n) is 5.53. The fourth-order valence-electron chi connectivity index (χ4n) is 1.46. The molecule has 3 heteroatoms. The molecule has 0 saturated heterocycles. The lowest BCUT2D eigenvalue weighted by Gasteiger charge is -2.26. The Morgan fingerprint density at radius 3 is 2.73 bits per heavy atom. The largest absolute Gasteiger partial charge is 0.444 e. The highest BCUT2D eigenvalue weighted by molar-refractivity contribution is 5.68. The van der Waals surface area contributed by atoms with E-state index in [-0.39, 0.29) is 6.09 Å². The van der Waals surface area contributed by atoms with Crippen LogP contribution in [0.25, 0.3) is 0 Å². The van der Waals surface area contributed by atoms with Gasteiger partial charge in [-0.2, -0.15) is 0 Å². The molecule has 1 aliphatic heterocycles. The standard InChI is InChI=1S/C12H21NO2/c1-10-6-5-8-13(9-7-10)11(14)15-12(2,3)4/h5-6,10H,7-9H2,1-4H3. The van der Waals surface area contributed by atoms with Crippen LogP contribution in [0, 0.1) is 5.92 Å². The van der Waals surface area contributed by atoms with Crippen LogP contribution in [0.3, 0.4) is 0 Å². The molecule has 1 atom stereocenters. The Morgan fingerprint density at radius 1 is 1.47 bits per heavy atom. The minimum absolute atomic E-state index is 0.207. The SMILES string of the molecule is CC1C=CCN(C(=O)OC(C)(C)C)CC1. The zero-order chi connectivity index (χ0) is 11.5. The van der Waals surface area contributed by atoms with Gasteiger partial charge >= 0.3 is 6.09 Å². The molecule has 0 aromatic heterocycles. The maximum absolute atomic E-state index is 11.7. The van der Waals surface area contributed by atoms with Crippen LogP contribution in [-0.4, -0.2) is 29.7 Å². The lowest BCUT2D eigenvalue weighted by Crippen LogP contribution is -2.37. The second kappa shape index (κ2) is 4.69. The zero-order valence-corrected chi connectivity index (χ0v) is 10.1. The third-order valence-electron chi connectivity index (χ3n) is 2.30. The van der Waals surface area contributed by atoms with Crippen molar-refractivity contribution >= 4 is 6.09 Å². The van der Waals surface area contributed by atoms with Crippen LogP contribution >= 0.6 is 0 Å². The first-order valence-corrected chi connectivity index (χ1v) is 5.53. The van der Waals surface area contributed by atoms with Crippen LogP contribution in [0.4, 0.5) is 4.79 Å². The number of allylic oxidation sites excluding steroid dienone is 1. The molecule has 1 unspecified atom stereocenters. The molecule has 0 spiro atoms. The lowest BCUT2D eigenvalue weighted by molar-refractivity contribution is 0.0270. The van der Waals surface area contributed by atoms with Gasteiger partial charge in [0.15, 0.2) is 0 Å². The van der Waals surface area contributed by atoms with Gasteiger partial charge in [0.25, 0.3) is 0 Å². The highest BCUT2D eigenvalue weighted by atomic mass is 16.6. The Kier molecular flexibility index (Phi) is 3.77. The number of hydrogen-bond donors (Lipinski definition) is 0. The zero-order valence-electron chi connectivity index (χ0n) is 10.1. The van der Waals surface area contributed by atoms with Crippen molar-refractivity contribution in [3.05, 3.63) is 12.2 Å². The van der Waals surface area contributed by atoms with Crippen LogP contribution in [0.5, 0.6) is 0 Å². The molecule has 0 saturated carbocycles. The first-order chi connectivity index (χ1) is 6.88. The fourth-order valence-corrected chi connectivity index (χ4v) is 1.46. The van der Waals surface area contributed by atoms with Gasteiger partial charge in [0.05, 0.1) is 0 Å². The number of rotatable bonds is 0. The van der Waals surface area contributed by atoms with Crippen LogP contribution in [-0.2, 0) is 4.74 Å². The summed E-state index contributed by atoms with van der Waals surface area (Å²) >= 11 is 0. The van der Waals surface area contributed by atoms with E-state index in [2.05, 4.69) is 13.0 Å². The second-order valence-electron chi connectivity index (χ2n) is 5.12. The molecule has 86 valence electrons. The van der Waals surface area contributed by atoms with Gasteiger partial charge in [-0.05, 0) is 33.1 Å². The maximum atomic E-state index is 11.7. The van der Waals surface area contributed by atoms with Gasteiger partial charge in [0.2, 0.25) is 0 Å². The highest BCUT2D eigenvalue weighted by Crippen LogP contribution is 2.14. The minimum atomic E-state index is -0.404. The van der Waals surface area contributed by atoms with Crippen molar-refractivity contribution < 1.29 is 9.53 Å². The lowest BCUT2D eigenvalue weighted by atomic mass is 10.1. The van der Waals surface area contributed by atoms with Crippen LogP contribution in [0.2, 0.25) is 0 Å². The van der Waals surface area contributed by atoms with Crippen LogP contribution in [0.15, 0.2) is 12.2 Å². The van der Waals surface area contributed by atoms with Crippen molar-refractivity contribution in [1.82, 2.24) is 4.90 Å². The molecule has 0 aromatic carbocycles. The maximum Gasteiger partial charge on any atom is 0.410 e. The Labute approximate surface area is 92.1 Å². The molecule has 1 aliphatic rings. The number of amides is 1. The molecule has 1 rings (SSSR count). The molecule has 0 fully saturated rings. The van der Waals surface area contributed by atoms with Crippen molar-refractivity contribution in [1.29, 1.82) is 0 Å². The molecule has 0 bridgehead atoms. The fraction of sp³-hybridized carbons (Fsp3) is 0.750. The summed E-state index contributed by atoms with van der Waals surface area (Å²) in [6.07, 6.45) is 5.00. The number of nitrogens with zero attached hydrogens (tertiary/aromatic N) is 1. The summed E-state index contributed by atoms with van der Waals surface area (Å²) in [5.74, 6) is 0.553. The molecule has 0 aromatic rings. The predicted octanol–water partition coefficient (Wildman–Crippen LogP) is 2.82. The van der Waals surface area contributed by atoms with E-state index < -0.39 is 5.60 Å². The molecule has 1 amide bonds. The van der Waals surface area contributed by atoms with E-state index in [1.54, 1.807) is 4.90 Å². The van der Waals surface area contributed by atoms with Crippen molar-refractivity contribution in [3.8, 4) is 0 Å². The quantitative estimate of drug-likeness (QED) is 0.577. The summed E-state index contributed by atoms with van der Waals surface area (Å²) in [7, 11) is 0. The molecular weight excluding hydrogens is 190 g/mol. The Hall–Kier alpha value is -0.990. The summed E-state index contributed by atoms with van der Waals surface area (Å²) in [4.78, 5) is 13.5. The Morgan fingerprint density at radius 2 is 2.13 bits per heavy atom. The first kappa shape index (κ1) is 12.1. The average molecular weight is 211 g/mol. The van der Waals surface area contributed by atoms with Gasteiger partial charge < -0.3 is 9.64 Å². The molecule has 0 aliphatic carbocycles. The molecule has 0 N–H and O–H groups in total. The summed E-state index contributed by atoms with van der Waals surface area (Å²) in [5.41, 5.74) is -0.404. The summed E-state index contributed by atoms with van der Waals surface area (Å²) < 4.78 is 5.32. The third-order valence-corrected chi connectivity index (χ3v) is 2.30. The van der Waals surface area contributed by atoms with E-state index in [0.717, 1.165) is 13.0 Å². The van der Waals surface area contributed by atoms with Crippen LogP contribution < -0.4 is 0 Å². The van der Waals surface area contributed by atoms with E-state index in [0.29, 0.717) is 12.5 Å². The van der Waals surface area contributed by atoms with E-state index in [1.807, 2.05) is 26.8 Å². The Bertz CT molecular complexity index is 253. The minimum Gasteiger partial charge on any atom is -0.444 e. The summed E-state index contributed by atoms with van der Waals surface area (Å²) in [6, 6.07) is 0. The van der Waals surface area contributed by atoms with Crippen molar-refractivity contribution in [3.63, 3.8) is 0 Å².